The van der Waals surface area contributed by atoms with Crippen molar-refractivity contribution < 1.29 is 17.9 Å². The molecule has 8 nitrogen and oxygen atoms in total. The van der Waals surface area contributed by atoms with E-state index in [0.29, 0.717) is 31.3 Å². The van der Waals surface area contributed by atoms with E-state index in [1.165, 1.54) is 0 Å². The van der Waals surface area contributed by atoms with Crippen molar-refractivity contribution in [1.29, 1.82) is 0 Å². The number of sulfonamides is 1. The number of hydrogen-bond acceptors (Lipinski definition) is 7. The Kier molecular flexibility index (Phi) is 7.18. The van der Waals surface area contributed by atoms with Crippen molar-refractivity contribution in [2.45, 2.75) is 13.3 Å². The monoisotopic (exact) mass is 406 g/mol. The summed E-state index contributed by atoms with van der Waals surface area (Å²) in [7, 11) is -3.35. The number of morpholine rings is 1. The summed E-state index contributed by atoms with van der Waals surface area (Å²) in [4.78, 5) is 10.8. The zero-order valence-electron chi connectivity index (χ0n) is 16.0. The number of nitrogens with zero attached hydrogens (tertiary/aromatic N) is 3. The highest BCUT2D eigenvalue weighted by Crippen LogP contribution is 2.18. The molecule has 1 aromatic carbocycles. The lowest BCUT2D eigenvalue weighted by Crippen LogP contribution is -2.37. The molecule has 1 saturated heterocycles. The Balaban J connectivity index is 1.46. The molecule has 2 heterocycles. The maximum absolute atomic E-state index is 12.1. The van der Waals surface area contributed by atoms with Crippen LogP contribution in [0.3, 0.4) is 0 Å². The maximum atomic E-state index is 12.1. The summed E-state index contributed by atoms with van der Waals surface area (Å²) in [6.07, 6.45) is 0.477. The first-order valence-corrected chi connectivity index (χ1v) is 11.0. The second-order valence-corrected chi connectivity index (χ2v) is 8.43. The second kappa shape index (κ2) is 9.81. The van der Waals surface area contributed by atoms with Gasteiger partial charge in [0.2, 0.25) is 15.9 Å². The Morgan fingerprint density at radius 3 is 2.68 bits per heavy atom. The van der Waals surface area contributed by atoms with Gasteiger partial charge in [0.1, 0.15) is 18.2 Å². The van der Waals surface area contributed by atoms with Gasteiger partial charge in [0.25, 0.3) is 0 Å². The normalized spacial score (nSPS) is 14.8. The molecule has 1 N–H and O–H groups in total. The highest BCUT2D eigenvalue weighted by molar-refractivity contribution is 7.89. The van der Waals surface area contributed by atoms with Crippen LogP contribution in [0, 0.1) is 6.92 Å². The molecule has 1 fully saturated rings. The number of benzene rings is 1. The molecule has 152 valence electrons. The summed E-state index contributed by atoms with van der Waals surface area (Å²) < 4.78 is 37.8. The largest absolute Gasteiger partial charge is 0.476 e. The van der Waals surface area contributed by atoms with E-state index in [1.807, 2.05) is 37.3 Å². The van der Waals surface area contributed by atoms with Crippen LogP contribution in [-0.4, -0.2) is 63.6 Å². The third-order valence-corrected chi connectivity index (χ3v) is 5.70. The van der Waals surface area contributed by atoms with Gasteiger partial charge in [0, 0.05) is 25.7 Å². The zero-order valence-corrected chi connectivity index (χ0v) is 16.8. The van der Waals surface area contributed by atoms with Crippen LogP contribution in [0.2, 0.25) is 0 Å². The summed E-state index contributed by atoms with van der Waals surface area (Å²) in [6, 6.07) is 11.3. The van der Waals surface area contributed by atoms with E-state index in [9.17, 15) is 8.42 Å². The molecule has 1 aliphatic rings. The Morgan fingerprint density at radius 2 is 1.93 bits per heavy atom. The molecule has 0 saturated carbocycles. The third-order valence-electron chi connectivity index (χ3n) is 4.31. The minimum atomic E-state index is -3.35. The summed E-state index contributed by atoms with van der Waals surface area (Å²) in [5.74, 6) is 1.90. The maximum Gasteiger partial charge on any atom is 0.218 e. The van der Waals surface area contributed by atoms with Crippen molar-refractivity contribution in [3.8, 4) is 5.88 Å². The summed E-state index contributed by atoms with van der Waals surface area (Å²) >= 11 is 0. The zero-order chi connectivity index (χ0) is 19.8. The number of hydrogen-bond donors (Lipinski definition) is 1. The van der Waals surface area contributed by atoms with Gasteiger partial charge in [-0.25, -0.2) is 18.1 Å². The van der Waals surface area contributed by atoms with E-state index in [-0.39, 0.29) is 18.9 Å². The number of aromatic nitrogens is 2. The van der Waals surface area contributed by atoms with Crippen LogP contribution in [-0.2, 0) is 21.2 Å². The van der Waals surface area contributed by atoms with Gasteiger partial charge in [-0.3, -0.25) is 0 Å². The molecule has 1 aliphatic heterocycles. The summed E-state index contributed by atoms with van der Waals surface area (Å²) in [6.45, 7) is 5.09. The molecular formula is C19H26N4O4S. The van der Waals surface area contributed by atoms with Crippen molar-refractivity contribution in [1.82, 2.24) is 14.7 Å². The minimum absolute atomic E-state index is 0.0464. The molecule has 0 amide bonds. The average Bonchev–Trinajstić information content (AvgIpc) is 2.71. The Bertz CT molecular complexity index is 855. The van der Waals surface area contributed by atoms with Gasteiger partial charge in [0.05, 0.1) is 19.0 Å². The van der Waals surface area contributed by atoms with Crippen LogP contribution in [0.1, 0.15) is 11.4 Å². The predicted molar refractivity (Wildman–Crippen MR) is 107 cm³/mol. The van der Waals surface area contributed by atoms with E-state index in [4.69, 9.17) is 9.47 Å². The molecule has 9 heteroatoms. The predicted octanol–water partition coefficient (Wildman–Crippen LogP) is 1.16. The second-order valence-electron chi connectivity index (χ2n) is 6.51. The molecule has 28 heavy (non-hydrogen) atoms. The molecule has 0 unspecified atom stereocenters. The van der Waals surface area contributed by atoms with Gasteiger partial charge in [-0.05, 0) is 18.9 Å². The highest BCUT2D eigenvalue weighted by Gasteiger charge is 2.15. The first-order valence-electron chi connectivity index (χ1n) is 9.34. The molecule has 2 aromatic rings. The van der Waals surface area contributed by atoms with Gasteiger partial charge in [-0.15, -0.1) is 0 Å². The van der Waals surface area contributed by atoms with Crippen molar-refractivity contribution >= 4 is 15.8 Å². The van der Waals surface area contributed by atoms with Crippen molar-refractivity contribution in [3.05, 3.63) is 47.8 Å². The fraction of sp³-hybridized carbons (Fsp3) is 0.474. The van der Waals surface area contributed by atoms with Crippen LogP contribution >= 0.6 is 0 Å². The number of aryl methyl sites for hydroxylation is 2. The number of anilines is 1. The molecular weight excluding hydrogens is 380 g/mol. The van der Waals surface area contributed by atoms with E-state index in [1.54, 1.807) is 6.07 Å². The number of rotatable bonds is 9. The van der Waals surface area contributed by atoms with Crippen molar-refractivity contribution in [3.63, 3.8) is 0 Å². The van der Waals surface area contributed by atoms with E-state index in [0.717, 1.165) is 24.5 Å². The fourth-order valence-corrected chi connectivity index (χ4v) is 3.92. The number of ether oxygens (including phenoxy) is 2. The first kappa shape index (κ1) is 20.5. The lowest BCUT2D eigenvalue weighted by Gasteiger charge is -2.28. The van der Waals surface area contributed by atoms with Crippen LogP contribution in [0.25, 0.3) is 0 Å². The van der Waals surface area contributed by atoms with Crippen LogP contribution in [0.4, 0.5) is 5.82 Å². The summed E-state index contributed by atoms with van der Waals surface area (Å²) in [5.41, 5.74) is 0.997. The molecule has 3 rings (SSSR count). The number of nitrogens with one attached hydrogen (secondary N) is 1. The minimum Gasteiger partial charge on any atom is -0.476 e. The third kappa shape index (κ3) is 6.43. The van der Waals surface area contributed by atoms with Gasteiger partial charge in [0.15, 0.2) is 0 Å². The van der Waals surface area contributed by atoms with Crippen molar-refractivity contribution in [2.75, 3.05) is 50.1 Å². The van der Waals surface area contributed by atoms with Crippen LogP contribution in [0.5, 0.6) is 5.88 Å². The van der Waals surface area contributed by atoms with E-state index in [2.05, 4.69) is 19.6 Å². The Labute approximate surface area is 166 Å². The van der Waals surface area contributed by atoms with Gasteiger partial charge in [-0.2, -0.15) is 4.98 Å². The lowest BCUT2D eigenvalue weighted by atomic mass is 10.2. The molecule has 0 bridgehead atoms. The Morgan fingerprint density at radius 1 is 1.18 bits per heavy atom. The SMILES string of the molecule is Cc1nc(OCCNS(=O)(=O)CCc2ccccc2)cc(N2CCOCC2)n1. The van der Waals surface area contributed by atoms with Gasteiger partial charge in [-0.1, -0.05) is 30.3 Å². The van der Waals surface area contributed by atoms with E-state index >= 15 is 0 Å². The van der Waals surface area contributed by atoms with Crippen molar-refractivity contribution in [2.24, 2.45) is 0 Å². The molecule has 0 atom stereocenters. The Hall–Kier alpha value is -2.23. The quantitative estimate of drug-likeness (QED) is 0.625. The van der Waals surface area contributed by atoms with Gasteiger partial charge >= 0.3 is 0 Å². The molecule has 0 aliphatic carbocycles. The molecule has 1 aromatic heterocycles. The highest BCUT2D eigenvalue weighted by atomic mass is 32.2. The molecule has 0 spiro atoms. The molecule has 0 radical (unpaired) electrons. The fourth-order valence-electron chi connectivity index (χ4n) is 2.88. The average molecular weight is 407 g/mol. The van der Waals surface area contributed by atoms with E-state index < -0.39 is 10.0 Å². The topological polar surface area (TPSA) is 93.6 Å². The van der Waals surface area contributed by atoms with Crippen LogP contribution in [0.15, 0.2) is 36.4 Å². The van der Waals surface area contributed by atoms with Gasteiger partial charge < -0.3 is 14.4 Å². The smallest absolute Gasteiger partial charge is 0.218 e. The summed E-state index contributed by atoms with van der Waals surface area (Å²) in [5, 5.41) is 0. The lowest BCUT2D eigenvalue weighted by molar-refractivity contribution is 0.122. The van der Waals surface area contributed by atoms with Crippen LogP contribution < -0.4 is 14.4 Å². The first-order chi connectivity index (χ1) is 13.5. The standard InChI is InChI=1S/C19H26N4O4S/c1-16-21-18(23-9-12-26-13-10-23)15-19(22-16)27-11-8-20-28(24,25)14-7-17-5-3-2-4-6-17/h2-6,15,20H,7-14H2,1H3.